The van der Waals surface area contributed by atoms with Crippen molar-refractivity contribution in [3.8, 4) is 0 Å². The molecule has 0 spiro atoms. The van der Waals surface area contributed by atoms with Crippen LogP contribution in [0.5, 0.6) is 0 Å². The predicted molar refractivity (Wildman–Crippen MR) is 59.0 cm³/mol. The Labute approximate surface area is 99.2 Å². The van der Waals surface area contributed by atoms with Crippen LogP contribution in [0.15, 0.2) is 30.3 Å². The van der Waals surface area contributed by atoms with Gasteiger partial charge in [0, 0.05) is 0 Å². The number of aliphatic hydroxyl groups excluding tert-OH is 3. The molecule has 0 amide bonds. The molecule has 0 bridgehead atoms. The van der Waals surface area contributed by atoms with E-state index in [0.717, 1.165) is 5.56 Å². The van der Waals surface area contributed by atoms with Gasteiger partial charge >= 0.3 is 0 Å². The summed E-state index contributed by atoms with van der Waals surface area (Å²) in [6.45, 7) is 0.00270. The number of benzene rings is 1. The van der Waals surface area contributed by atoms with E-state index in [1.807, 2.05) is 30.3 Å². The number of rotatable bonds is 4. The van der Waals surface area contributed by atoms with E-state index in [-0.39, 0.29) is 6.61 Å². The summed E-state index contributed by atoms with van der Waals surface area (Å²) in [5, 5.41) is 28.0. The molecule has 5 heteroatoms. The molecule has 17 heavy (non-hydrogen) atoms. The molecule has 1 unspecified atom stereocenters. The van der Waals surface area contributed by atoms with Crippen LogP contribution in [0.3, 0.4) is 0 Å². The van der Waals surface area contributed by atoms with E-state index in [1.165, 1.54) is 0 Å². The highest BCUT2D eigenvalue weighted by Gasteiger charge is 2.43. The molecule has 0 saturated carbocycles. The van der Waals surface area contributed by atoms with E-state index < -0.39 is 24.6 Å². The lowest BCUT2D eigenvalue weighted by molar-refractivity contribution is -0.132. The van der Waals surface area contributed by atoms with Crippen molar-refractivity contribution in [2.24, 2.45) is 0 Å². The number of aliphatic hydroxyl groups is 3. The molecule has 5 nitrogen and oxygen atoms in total. The van der Waals surface area contributed by atoms with Crippen molar-refractivity contribution < 1.29 is 24.8 Å². The Kier molecular flexibility index (Phi) is 4.09. The Hall–Kier alpha value is -0.980. The highest BCUT2D eigenvalue weighted by Crippen LogP contribution is 2.23. The van der Waals surface area contributed by atoms with Crippen molar-refractivity contribution in [1.82, 2.24) is 0 Å². The average molecular weight is 240 g/mol. The van der Waals surface area contributed by atoms with E-state index in [4.69, 9.17) is 14.6 Å². The summed E-state index contributed by atoms with van der Waals surface area (Å²) in [5.74, 6) is 0. The van der Waals surface area contributed by atoms with Gasteiger partial charge in [-0.05, 0) is 5.56 Å². The van der Waals surface area contributed by atoms with Crippen LogP contribution in [-0.4, -0.2) is 46.5 Å². The molecule has 1 aliphatic heterocycles. The zero-order chi connectivity index (χ0) is 12.3. The average Bonchev–Trinajstić information content (AvgIpc) is 2.64. The predicted octanol–water partition coefficient (Wildman–Crippen LogP) is -0.358. The van der Waals surface area contributed by atoms with E-state index >= 15 is 0 Å². The van der Waals surface area contributed by atoms with Crippen LogP contribution < -0.4 is 0 Å². The van der Waals surface area contributed by atoms with Gasteiger partial charge in [-0.2, -0.15) is 0 Å². The topological polar surface area (TPSA) is 79.2 Å². The first-order chi connectivity index (χ1) is 8.22. The van der Waals surface area contributed by atoms with Gasteiger partial charge in [-0.1, -0.05) is 30.3 Å². The minimum atomic E-state index is -1.30. The molecule has 1 aromatic rings. The minimum Gasteiger partial charge on any atom is -0.394 e. The third-order valence-corrected chi connectivity index (χ3v) is 2.77. The van der Waals surface area contributed by atoms with Crippen molar-refractivity contribution >= 4 is 0 Å². The highest BCUT2D eigenvalue weighted by molar-refractivity contribution is 5.13. The molecule has 2 rings (SSSR count). The Morgan fingerprint density at radius 1 is 1.18 bits per heavy atom. The van der Waals surface area contributed by atoms with E-state index in [2.05, 4.69) is 0 Å². The quantitative estimate of drug-likeness (QED) is 0.670. The second-order valence-corrected chi connectivity index (χ2v) is 4.00. The van der Waals surface area contributed by atoms with Crippen molar-refractivity contribution in [2.75, 3.05) is 6.61 Å². The van der Waals surface area contributed by atoms with Crippen molar-refractivity contribution in [2.45, 2.75) is 31.2 Å². The maximum atomic E-state index is 9.63. The lowest BCUT2D eigenvalue weighted by Crippen LogP contribution is -2.36. The first-order valence-corrected chi connectivity index (χ1v) is 5.50. The third-order valence-electron chi connectivity index (χ3n) is 2.77. The van der Waals surface area contributed by atoms with Crippen LogP contribution in [0.25, 0.3) is 0 Å². The summed E-state index contributed by atoms with van der Waals surface area (Å²) < 4.78 is 10.4. The van der Waals surface area contributed by atoms with Gasteiger partial charge < -0.3 is 24.8 Å². The van der Waals surface area contributed by atoms with Gasteiger partial charge in [0.15, 0.2) is 6.29 Å². The van der Waals surface area contributed by atoms with Gasteiger partial charge in [0.25, 0.3) is 0 Å². The molecular formula is C12H16O5. The lowest BCUT2D eigenvalue weighted by atomic mass is 10.1. The summed E-state index contributed by atoms with van der Waals surface area (Å²) in [6.07, 6.45) is -3.83. The molecule has 1 aliphatic rings. The molecule has 4 atom stereocenters. The molecule has 0 radical (unpaired) electrons. The number of hydrogen-bond donors (Lipinski definition) is 3. The molecule has 0 aromatic heterocycles. The minimum absolute atomic E-state index is 0.298. The SMILES string of the molecule is OC[C@@H]1OC(O)[C@@H](O)[C@@H]1OCc1ccccc1. The van der Waals surface area contributed by atoms with E-state index in [9.17, 15) is 10.2 Å². The fraction of sp³-hybridized carbons (Fsp3) is 0.500. The fourth-order valence-corrected chi connectivity index (χ4v) is 1.84. The first kappa shape index (κ1) is 12.5. The largest absolute Gasteiger partial charge is 0.394 e. The van der Waals surface area contributed by atoms with Crippen LogP contribution in [0.4, 0.5) is 0 Å². The van der Waals surface area contributed by atoms with Crippen LogP contribution in [0.2, 0.25) is 0 Å². The lowest BCUT2D eigenvalue weighted by Gasteiger charge is -2.19. The Morgan fingerprint density at radius 2 is 1.88 bits per heavy atom. The highest BCUT2D eigenvalue weighted by atomic mass is 16.7. The Morgan fingerprint density at radius 3 is 2.53 bits per heavy atom. The zero-order valence-corrected chi connectivity index (χ0v) is 9.27. The maximum Gasteiger partial charge on any atom is 0.184 e. The van der Waals surface area contributed by atoms with Gasteiger partial charge in [-0.25, -0.2) is 0 Å². The number of ether oxygens (including phenoxy) is 2. The summed E-state index contributed by atoms with van der Waals surface area (Å²) in [5.41, 5.74) is 0.956. The molecule has 0 aliphatic carbocycles. The third kappa shape index (κ3) is 2.83. The summed E-state index contributed by atoms with van der Waals surface area (Å²) >= 11 is 0. The zero-order valence-electron chi connectivity index (χ0n) is 9.27. The summed E-state index contributed by atoms with van der Waals surface area (Å²) in [6, 6.07) is 9.47. The molecule has 3 N–H and O–H groups in total. The second kappa shape index (κ2) is 5.57. The maximum absolute atomic E-state index is 9.63. The number of hydrogen-bond acceptors (Lipinski definition) is 5. The Balaban J connectivity index is 1.93. The molecule has 1 saturated heterocycles. The van der Waals surface area contributed by atoms with Crippen LogP contribution in [-0.2, 0) is 16.1 Å². The van der Waals surface area contributed by atoms with E-state index in [0.29, 0.717) is 6.61 Å². The van der Waals surface area contributed by atoms with Gasteiger partial charge in [0.2, 0.25) is 0 Å². The monoisotopic (exact) mass is 240 g/mol. The van der Waals surface area contributed by atoms with E-state index in [1.54, 1.807) is 0 Å². The molecule has 1 aromatic carbocycles. The molecular weight excluding hydrogens is 224 g/mol. The summed E-state index contributed by atoms with van der Waals surface area (Å²) in [7, 11) is 0. The first-order valence-electron chi connectivity index (χ1n) is 5.50. The van der Waals surface area contributed by atoms with Crippen molar-refractivity contribution in [3.63, 3.8) is 0 Å². The van der Waals surface area contributed by atoms with Crippen LogP contribution >= 0.6 is 0 Å². The molecule has 1 fully saturated rings. The van der Waals surface area contributed by atoms with Crippen LogP contribution in [0.1, 0.15) is 5.56 Å². The normalized spacial score (nSPS) is 32.9. The standard InChI is InChI=1S/C12H16O5/c13-6-9-11(10(14)12(15)17-9)16-7-8-4-2-1-3-5-8/h1-5,9-15H,6-7H2/t9-,10-,11+,12?/m0/s1. The Bertz CT molecular complexity index is 342. The van der Waals surface area contributed by atoms with Gasteiger partial charge in [0.1, 0.15) is 18.3 Å². The molecule has 94 valence electrons. The smallest absolute Gasteiger partial charge is 0.184 e. The van der Waals surface area contributed by atoms with Gasteiger partial charge in [-0.3, -0.25) is 0 Å². The van der Waals surface area contributed by atoms with Crippen molar-refractivity contribution in [1.29, 1.82) is 0 Å². The van der Waals surface area contributed by atoms with Crippen LogP contribution in [0, 0.1) is 0 Å². The van der Waals surface area contributed by atoms with Gasteiger partial charge in [-0.15, -0.1) is 0 Å². The van der Waals surface area contributed by atoms with Gasteiger partial charge in [0.05, 0.1) is 13.2 Å². The molecule has 1 heterocycles. The second-order valence-electron chi connectivity index (χ2n) is 4.00. The fourth-order valence-electron chi connectivity index (χ4n) is 1.84. The van der Waals surface area contributed by atoms with Crippen molar-refractivity contribution in [3.05, 3.63) is 35.9 Å². The summed E-state index contributed by atoms with van der Waals surface area (Å²) in [4.78, 5) is 0.